The average Bonchev–Trinajstić information content (AvgIpc) is 2.90. The minimum Gasteiger partial charge on any atom is -0.308 e. The number of aryl methyl sites for hydroxylation is 1. The predicted octanol–water partition coefficient (Wildman–Crippen LogP) is 1.50. The fourth-order valence-corrected chi connectivity index (χ4v) is 2.83. The molecule has 3 rings (SSSR count). The van der Waals surface area contributed by atoms with Gasteiger partial charge in [-0.15, -0.1) is 11.3 Å². The van der Waals surface area contributed by atoms with Crippen molar-refractivity contribution >= 4 is 27.2 Å². The number of nitrogens with two attached hydrogens (primary N) is 1. The number of nitrogen functional groups attached to an aromatic ring is 1. The molecule has 0 amide bonds. The monoisotopic (exact) mass is 287 g/mol. The molecule has 0 saturated carbocycles. The lowest BCUT2D eigenvalue weighted by molar-refractivity contribution is 0.718. The second-order valence-electron chi connectivity index (χ2n) is 4.40. The molecule has 20 heavy (non-hydrogen) atoms. The van der Waals surface area contributed by atoms with Crippen LogP contribution >= 0.6 is 11.3 Å². The fraction of sp³-hybridized carbons (Fsp3) is 0.154. The summed E-state index contributed by atoms with van der Waals surface area (Å²) in [6.45, 7) is 2.18. The molecule has 0 atom stereocenters. The van der Waals surface area contributed by atoms with E-state index in [9.17, 15) is 4.79 Å². The molecule has 3 heterocycles. The van der Waals surface area contributed by atoms with Gasteiger partial charge < -0.3 is 9.99 Å². The Labute approximate surface area is 118 Å². The summed E-state index contributed by atoms with van der Waals surface area (Å²) in [5.74, 6) is 6.45. The molecule has 3 aromatic rings. The summed E-state index contributed by atoms with van der Waals surface area (Å²) in [6.07, 6.45) is 1.77. The molecule has 0 aromatic carbocycles. The van der Waals surface area contributed by atoms with E-state index < -0.39 is 0 Å². The van der Waals surface area contributed by atoms with Gasteiger partial charge in [0.25, 0.3) is 5.56 Å². The molecule has 7 heteroatoms. The van der Waals surface area contributed by atoms with Gasteiger partial charge in [-0.25, -0.2) is 15.8 Å². The van der Waals surface area contributed by atoms with Crippen molar-refractivity contribution in [1.82, 2.24) is 14.5 Å². The quantitative estimate of drug-likeness (QED) is 0.563. The summed E-state index contributed by atoms with van der Waals surface area (Å²) in [5, 5.41) is 2.64. The molecule has 3 aromatic heterocycles. The van der Waals surface area contributed by atoms with E-state index in [1.54, 1.807) is 28.2 Å². The van der Waals surface area contributed by atoms with Crippen molar-refractivity contribution < 1.29 is 0 Å². The third-order valence-corrected chi connectivity index (χ3v) is 3.83. The molecule has 0 bridgehead atoms. The molecule has 0 aliphatic carbocycles. The van der Waals surface area contributed by atoms with Crippen molar-refractivity contribution in [3.63, 3.8) is 0 Å². The Morgan fingerprint density at radius 2 is 2.25 bits per heavy atom. The van der Waals surface area contributed by atoms with Crippen LogP contribution in [-0.4, -0.2) is 14.5 Å². The van der Waals surface area contributed by atoms with E-state index >= 15 is 0 Å². The Hall–Kier alpha value is -2.25. The molecule has 0 saturated heterocycles. The van der Waals surface area contributed by atoms with Crippen LogP contribution in [-0.2, 0) is 6.54 Å². The molecule has 6 nitrogen and oxygen atoms in total. The molecule has 0 unspecified atom stereocenters. The van der Waals surface area contributed by atoms with Crippen molar-refractivity contribution in [2.45, 2.75) is 13.5 Å². The molecule has 0 spiro atoms. The van der Waals surface area contributed by atoms with Gasteiger partial charge in [0, 0.05) is 22.7 Å². The molecular formula is C13H13N5OS. The van der Waals surface area contributed by atoms with Crippen molar-refractivity contribution in [3.05, 3.63) is 51.6 Å². The highest BCUT2D eigenvalue weighted by atomic mass is 32.1. The van der Waals surface area contributed by atoms with Gasteiger partial charge in [-0.05, 0) is 24.4 Å². The van der Waals surface area contributed by atoms with Crippen molar-refractivity contribution in [2.75, 3.05) is 5.43 Å². The number of hydrogen-bond acceptors (Lipinski definition) is 6. The first-order valence-corrected chi connectivity index (χ1v) is 6.93. The minimum atomic E-state index is -0.0314. The van der Waals surface area contributed by atoms with E-state index in [0.717, 1.165) is 15.8 Å². The standard InChI is InChI=1S/C13H13N5OS/c1-8-6-11(17-14)16-12(15-8)7-18-4-2-10-9(13(18)19)3-5-20-10/h2-6H,7,14H2,1H3,(H,15,16,17). The van der Waals surface area contributed by atoms with Crippen molar-refractivity contribution in [3.8, 4) is 0 Å². The molecule has 0 fully saturated rings. The van der Waals surface area contributed by atoms with E-state index in [2.05, 4.69) is 15.4 Å². The van der Waals surface area contributed by atoms with Gasteiger partial charge >= 0.3 is 0 Å². The number of anilines is 1. The van der Waals surface area contributed by atoms with Crippen LogP contribution < -0.4 is 16.8 Å². The smallest absolute Gasteiger partial charge is 0.259 e. The minimum absolute atomic E-state index is 0.0314. The first kappa shape index (κ1) is 12.8. The van der Waals surface area contributed by atoms with Crippen LogP contribution in [0.5, 0.6) is 0 Å². The number of fused-ring (bicyclic) bond motifs is 1. The van der Waals surface area contributed by atoms with Crippen LogP contribution in [0.3, 0.4) is 0 Å². The maximum absolute atomic E-state index is 12.3. The summed E-state index contributed by atoms with van der Waals surface area (Å²) in [7, 11) is 0. The van der Waals surface area contributed by atoms with Crippen LogP contribution in [0.1, 0.15) is 11.5 Å². The van der Waals surface area contributed by atoms with E-state index in [1.165, 1.54) is 0 Å². The zero-order valence-electron chi connectivity index (χ0n) is 10.8. The zero-order valence-corrected chi connectivity index (χ0v) is 11.6. The maximum Gasteiger partial charge on any atom is 0.259 e. The molecule has 0 aliphatic heterocycles. The summed E-state index contributed by atoms with van der Waals surface area (Å²) in [6, 6.07) is 5.51. The number of aromatic nitrogens is 3. The normalized spacial score (nSPS) is 10.9. The lowest BCUT2D eigenvalue weighted by Crippen LogP contribution is -2.21. The number of hydrogen-bond donors (Lipinski definition) is 2. The largest absolute Gasteiger partial charge is 0.308 e. The second-order valence-corrected chi connectivity index (χ2v) is 5.35. The highest BCUT2D eigenvalue weighted by molar-refractivity contribution is 7.17. The molecule has 3 N–H and O–H groups in total. The number of pyridine rings is 1. The van der Waals surface area contributed by atoms with Gasteiger partial charge in [0.05, 0.1) is 11.9 Å². The zero-order chi connectivity index (χ0) is 14.1. The number of nitrogens with zero attached hydrogens (tertiary/aromatic N) is 3. The highest BCUT2D eigenvalue weighted by Crippen LogP contribution is 2.16. The lowest BCUT2D eigenvalue weighted by Gasteiger charge is -2.07. The average molecular weight is 287 g/mol. The third-order valence-electron chi connectivity index (χ3n) is 2.95. The Balaban J connectivity index is 2.02. The van der Waals surface area contributed by atoms with Crippen LogP contribution in [0.15, 0.2) is 34.6 Å². The van der Waals surface area contributed by atoms with Crippen LogP contribution in [0.4, 0.5) is 5.82 Å². The van der Waals surface area contributed by atoms with Gasteiger partial charge in [0.15, 0.2) is 5.82 Å². The highest BCUT2D eigenvalue weighted by Gasteiger charge is 2.07. The van der Waals surface area contributed by atoms with Gasteiger partial charge in [-0.1, -0.05) is 0 Å². The summed E-state index contributed by atoms with van der Waals surface area (Å²) in [4.78, 5) is 20.9. The van der Waals surface area contributed by atoms with Crippen LogP contribution in [0.25, 0.3) is 10.1 Å². The molecular weight excluding hydrogens is 274 g/mol. The maximum atomic E-state index is 12.3. The molecule has 0 aliphatic rings. The topological polar surface area (TPSA) is 85.8 Å². The van der Waals surface area contributed by atoms with E-state index in [1.807, 2.05) is 24.4 Å². The van der Waals surface area contributed by atoms with Gasteiger partial charge in [-0.2, -0.15) is 0 Å². The number of thiophene rings is 1. The Morgan fingerprint density at radius 1 is 1.40 bits per heavy atom. The first-order valence-electron chi connectivity index (χ1n) is 6.05. The van der Waals surface area contributed by atoms with Crippen molar-refractivity contribution in [1.29, 1.82) is 0 Å². The van der Waals surface area contributed by atoms with E-state index in [4.69, 9.17) is 5.84 Å². The third kappa shape index (κ3) is 2.28. The SMILES string of the molecule is Cc1cc(NN)nc(Cn2ccc3sccc3c2=O)n1. The van der Waals surface area contributed by atoms with Crippen LogP contribution in [0.2, 0.25) is 0 Å². The van der Waals surface area contributed by atoms with E-state index in [0.29, 0.717) is 18.2 Å². The summed E-state index contributed by atoms with van der Waals surface area (Å²) >= 11 is 1.55. The molecule has 102 valence electrons. The second kappa shape index (κ2) is 5.03. The van der Waals surface area contributed by atoms with Gasteiger partial charge in [0.2, 0.25) is 0 Å². The Kier molecular flexibility index (Phi) is 3.21. The number of nitrogens with one attached hydrogen (secondary N) is 1. The van der Waals surface area contributed by atoms with Crippen LogP contribution in [0, 0.1) is 6.92 Å². The first-order chi connectivity index (χ1) is 9.67. The van der Waals surface area contributed by atoms with Gasteiger partial charge in [0.1, 0.15) is 5.82 Å². The summed E-state index contributed by atoms with van der Waals surface area (Å²) in [5.41, 5.74) is 3.26. The number of hydrazine groups is 1. The predicted molar refractivity (Wildman–Crippen MR) is 79.8 cm³/mol. The summed E-state index contributed by atoms with van der Waals surface area (Å²) < 4.78 is 2.59. The lowest BCUT2D eigenvalue weighted by atomic mass is 10.3. The Morgan fingerprint density at radius 3 is 3.05 bits per heavy atom. The molecule has 0 radical (unpaired) electrons. The Bertz CT molecular complexity index is 823. The fourth-order valence-electron chi connectivity index (χ4n) is 2.06. The van der Waals surface area contributed by atoms with Gasteiger partial charge in [-0.3, -0.25) is 4.79 Å². The number of rotatable bonds is 3. The van der Waals surface area contributed by atoms with E-state index in [-0.39, 0.29) is 5.56 Å². The van der Waals surface area contributed by atoms with Crippen molar-refractivity contribution in [2.24, 2.45) is 5.84 Å².